The Hall–Kier alpha value is -1.84. The van der Waals surface area contributed by atoms with Gasteiger partial charge in [-0.15, -0.1) is 0 Å². The maximum absolute atomic E-state index is 11.7. The molecule has 19 heavy (non-hydrogen) atoms. The highest BCUT2D eigenvalue weighted by Gasteiger charge is 2.12. The average molecular weight is 263 g/mol. The van der Waals surface area contributed by atoms with Crippen molar-refractivity contribution in [3.8, 4) is 0 Å². The minimum Gasteiger partial charge on any atom is -0.481 e. The summed E-state index contributed by atoms with van der Waals surface area (Å²) in [6.07, 6.45) is 2.37. The van der Waals surface area contributed by atoms with Gasteiger partial charge in [-0.05, 0) is 30.0 Å². The van der Waals surface area contributed by atoms with Crippen molar-refractivity contribution in [3.63, 3.8) is 0 Å². The molecule has 0 saturated heterocycles. The zero-order valence-corrected chi connectivity index (χ0v) is 11.5. The Kier molecular flexibility index (Phi) is 6.06. The molecule has 0 fully saturated rings. The molecule has 0 bridgehead atoms. The molecule has 0 aliphatic heterocycles. The fourth-order valence-electron chi connectivity index (χ4n) is 1.94. The minimum atomic E-state index is -0.871. The Balaban J connectivity index is 2.45. The Labute approximate surface area is 113 Å². The van der Waals surface area contributed by atoms with E-state index in [0.717, 1.165) is 18.5 Å². The lowest BCUT2D eigenvalue weighted by Crippen LogP contribution is -2.16. The largest absolute Gasteiger partial charge is 0.481 e. The molecule has 4 heteroatoms. The van der Waals surface area contributed by atoms with E-state index in [-0.39, 0.29) is 24.7 Å². The number of hydrogen-bond donors (Lipinski definition) is 2. The summed E-state index contributed by atoms with van der Waals surface area (Å²) < 4.78 is 0. The van der Waals surface area contributed by atoms with Gasteiger partial charge in [0.05, 0.1) is 0 Å². The molecule has 4 nitrogen and oxygen atoms in total. The molecular weight excluding hydrogens is 242 g/mol. The third kappa shape index (κ3) is 6.04. The second-order valence-corrected chi connectivity index (χ2v) is 4.90. The quantitative estimate of drug-likeness (QED) is 0.794. The first-order valence-corrected chi connectivity index (χ1v) is 6.61. The molecule has 2 N–H and O–H groups in total. The van der Waals surface area contributed by atoms with Gasteiger partial charge in [0.1, 0.15) is 0 Å². The molecule has 1 rings (SSSR count). The van der Waals surface area contributed by atoms with E-state index in [0.29, 0.717) is 0 Å². The first-order valence-electron chi connectivity index (χ1n) is 6.61. The lowest BCUT2D eigenvalue weighted by atomic mass is 10.0. The Morgan fingerprint density at radius 3 is 2.37 bits per heavy atom. The van der Waals surface area contributed by atoms with Crippen LogP contribution in [0.3, 0.4) is 0 Å². The number of aryl methyl sites for hydroxylation is 1. The summed E-state index contributed by atoms with van der Waals surface area (Å²) in [4.78, 5) is 22.2. The summed E-state index contributed by atoms with van der Waals surface area (Å²) in [6, 6.07) is 7.76. The number of benzene rings is 1. The normalized spacial score (nSPS) is 11.9. The smallest absolute Gasteiger partial charge is 0.303 e. The Morgan fingerprint density at radius 1 is 1.21 bits per heavy atom. The third-order valence-electron chi connectivity index (χ3n) is 2.83. The van der Waals surface area contributed by atoms with Crippen LogP contribution in [-0.2, 0) is 16.0 Å². The van der Waals surface area contributed by atoms with Crippen LogP contribution in [0.15, 0.2) is 24.3 Å². The topological polar surface area (TPSA) is 66.4 Å². The van der Waals surface area contributed by atoms with E-state index in [1.807, 2.05) is 24.3 Å². The number of rotatable bonds is 7. The predicted octanol–water partition coefficient (Wildman–Crippen LogP) is 3.08. The van der Waals surface area contributed by atoms with Crippen molar-refractivity contribution in [2.24, 2.45) is 5.92 Å². The molecule has 1 amide bonds. The number of nitrogens with one attached hydrogen (secondary N) is 1. The molecule has 0 spiro atoms. The Bertz CT molecular complexity index is 426. The van der Waals surface area contributed by atoms with Gasteiger partial charge in [-0.3, -0.25) is 9.59 Å². The molecule has 0 heterocycles. The van der Waals surface area contributed by atoms with E-state index in [9.17, 15) is 9.59 Å². The lowest BCUT2D eigenvalue weighted by molar-refractivity contribution is -0.138. The monoisotopic (exact) mass is 263 g/mol. The zero-order valence-electron chi connectivity index (χ0n) is 11.5. The van der Waals surface area contributed by atoms with Gasteiger partial charge >= 0.3 is 5.97 Å². The predicted molar refractivity (Wildman–Crippen MR) is 75.1 cm³/mol. The van der Waals surface area contributed by atoms with Crippen molar-refractivity contribution < 1.29 is 14.7 Å². The van der Waals surface area contributed by atoms with E-state index in [1.54, 1.807) is 6.92 Å². The van der Waals surface area contributed by atoms with Crippen LogP contribution in [0.4, 0.5) is 5.69 Å². The lowest BCUT2D eigenvalue weighted by Gasteiger charge is -2.10. The summed E-state index contributed by atoms with van der Waals surface area (Å²) in [5.41, 5.74) is 2.01. The molecule has 1 unspecified atom stereocenters. The number of amides is 1. The van der Waals surface area contributed by atoms with Crippen LogP contribution in [0.2, 0.25) is 0 Å². The Morgan fingerprint density at radius 2 is 1.84 bits per heavy atom. The van der Waals surface area contributed by atoms with E-state index >= 15 is 0 Å². The summed E-state index contributed by atoms with van der Waals surface area (Å²) in [5, 5.41) is 11.4. The van der Waals surface area contributed by atoms with E-state index in [4.69, 9.17) is 5.11 Å². The van der Waals surface area contributed by atoms with Crippen molar-refractivity contribution in [3.05, 3.63) is 29.8 Å². The van der Waals surface area contributed by atoms with Gasteiger partial charge in [-0.25, -0.2) is 0 Å². The highest BCUT2D eigenvalue weighted by molar-refractivity contribution is 5.91. The first-order chi connectivity index (χ1) is 9.01. The fourth-order valence-corrected chi connectivity index (χ4v) is 1.94. The summed E-state index contributed by atoms with van der Waals surface area (Å²) in [6.45, 7) is 3.89. The van der Waals surface area contributed by atoms with Crippen molar-refractivity contribution in [2.45, 2.75) is 39.5 Å². The molecular formula is C15H21NO3. The van der Waals surface area contributed by atoms with Crippen LogP contribution < -0.4 is 5.32 Å². The van der Waals surface area contributed by atoms with Crippen LogP contribution in [0, 0.1) is 5.92 Å². The van der Waals surface area contributed by atoms with Gasteiger partial charge in [0, 0.05) is 18.5 Å². The highest BCUT2D eigenvalue weighted by atomic mass is 16.4. The van der Waals surface area contributed by atoms with Gasteiger partial charge in [-0.2, -0.15) is 0 Å². The van der Waals surface area contributed by atoms with Gasteiger partial charge in [-0.1, -0.05) is 32.4 Å². The summed E-state index contributed by atoms with van der Waals surface area (Å²) in [5.74, 6) is -1.17. The molecule has 0 aromatic heterocycles. The van der Waals surface area contributed by atoms with Crippen LogP contribution in [-0.4, -0.2) is 17.0 Å². The second kappa shape index (κ2) is 7.56. The van der Waals surface area contributed by atoms with Crippen LogP contribution in [0.5, 0.6) is 0 Å². The number of anilines is 1. The maximum Gasteiger partial charge on any atom is 0.303 e. The number of aliphatic carboxylic acids is 1. The summed E-state index contributed by atoms with van der Waals surface area (Å²) >= 11 is 0. The van der Waals surface area contributed by atoms with Crippen molar-refractivity contribution in [1.82, 2.24) is 0 Å². The summed E-state index contributed by atoms with van der Waals surface area (Å²) in [7, 11) is 0. The minimum absolute atomic E-state index is 0.0167. The maximum atomic E-state index is 11.7. The highest BCUT2D eigenvalue weighted by Crippen LogP contribution is 2.13. The van der Waals surface area contributed by atoms with Gasteiger partial charge in [0.25, 0.3) is 0 Å². The number of hydrogen-bond acceptors (Lipinski definition) is 2. The van der Waals surface area contributed by atoms with Crippen molar-refractivity contribution >= 4 is 17.6 Å². The van der Waals surface area contributed by atoms with E-state index in [2.05, 4.69) is 12.2 Å². The van der Waals surface area contributed by atoms with Crippen LogP contribution in [0.1, 0.15) is 38.7 Å². The fraction of sp³-hybridized carbons (Fsp3) is 0.467. The van der Waals surface area contributed by atoms with Gasteiger partial charge in [0.2, 0.25) is 5.91 Å². The molecule has 0 aliphatic carbocycles. The van der Waals surface area contributed by atoms with Crippen molar-refractivity contribution in [2.75, 3.05) is 5.32 Å². The van der Waals surface area contributed by atoms with Gasteiger partial charge < -0.3 is 10.4 Å². The first kappa shape index (κ1) is 15.2. The molecule has 0 saturated carbocycles. The van der Waals surface area contributed by atoms with Crippen LogP contribution in [0.25, 0.3) is 0 Å². The number of carbonyl (C=O) groups is 2. The molecule has 1 aromatic carbocycles. The van der Waals surface area contributed by atoms with E-state index < -0.39 is 5.97 Å². The molecule has 0 radical (unpaired) electrons. The number of carbonyl (C=O) groups excluding carboxylic acids is 1. The van der Waals surface area contributed by atoms with Crippen molar-refractivity contribution in [1.29, 1.82) is 0 Å². The average Bonchev–Trinajstić information content (AvgIpc) is 2.30. The second-order valence-electron chi connectivity index (χ2n) is 4.90. The molecule has 1 aromatic rings. The van der Waals surface area contributed by atoms with Gasteiger partial charge in [0.15, 0.2) is 0 Å². The zero-order chi connectivity index (χ0) is 14.3. The standard InChI is InChI=1S/C15H21NO3/c1-3-4-12-5-7-13(8-6-12)16-14(17)9-11(2)10-15(18)19/h5-8,11H,3-4,9-10H2,1-2H3,(H,16,17)(H,18,19). The molecule has 0 aliphatic rings. The number of carboxylic acid groups (broad SMARTS) is 1. The molecule has 1 atom stereocenters. The third-order valence-corrected chi connectivity index (χ3v) is 2.83. The SMILES string of the molecule is CCCc1ccc(NC(=O)CC(C)CC(=O)O)cc1. The van der Waals surface area contributed by atoms with E-state index in [1.165, 1.54) is 5.56 Å². The van der Waals surface area contributed by atoms with Crippen LogP contribution >= 0.6 is 0 Å². The number of carboxylic acids is 1. The molecule has 104 valence electrons.